The van der Waals surface area contributed by atoms with Gasteiger partial charge >= 0.3 is 0 Å². The van der Waals surface area contributed by atoms with Crippen molar-refractivity contribution < 1.29 is 4.79 Å². The fraction of sp³-hybridized carbons (Fsp3) is 0.562. The van der Waals surface area contributed by atoms with Crippen LogP contribution in [0, 0.1) is 12.8 Å². The van der Waals surface area contributed by atoms with Gasteiger partial charge in [0.15, 0.2) is 0 Å². The standard InChI is InChI=1S/C16H22N2O/c1-12-6-7-15-13(10-12)5-3-9-18(15)16(19)14-4-2-8-17-11-14/h6-7,10,14,17H,2-5,8-9,11H2,1H3/t14-/m1/s1. The number of hydrogen-bond acceptors (Lipinski definition) is 2. The van der Waals surface area contributed by atoms with Crippen molar-refractivity contribution in [1.82, 2.24) is 5.32 Å². The first-order valence-corrected chi connectivity index (χ1v) is 7.37. The Kier molecular flexibility index (Phi) is 3.56. The fourth-order valence-corrected chi connectivity index (χ4v) is 3.24. The second kappa shape index (κ2) is 5.33. The lowest BCUT2D eigenvalue weighted by Gasteiger charge is -2.34. The summed E-state index contributed by atoms with van der Waals surface area (Å²) < 4.78 is 0. The average Bonchev–Trinajstić information content (AvgIpc) is 2.46. The number of rotatable bonds is 1. The van der Waals surface area contributed by atoms with Crippen molar-refractivity contribution in [3.05, 3.63) is 29.3 Å². The van der Waals surface area contributed by atoms with Crippen LogP contribution in [0.1, 0.15) is 30.4 Å². The molecule has 0 bridgehead atoms. The van der Waals surface area contributed by atoms with Gasteiger partial charge in [0, 0.05) is 18.8 Å². The summed E-state index contributed by atoms with van der Waals surface area (Å²) in [5.41, 5.74) is 3.77. The molecule has 1 fully saturated rings. The van der Waals surface area contributed by atoms with E-state index in [-0.39, 0.29) is 5.92 Å². The SMILES string of the molecule is Cc1ccc2c(c1)CCCN2C(=O)[C@@H]1CCCNC1. The number of fused-ring (bicyclic) bond motifs is 1. The lowest BCUT2D eigenvalue weighted by Crippen LogP contribution is -2.45. The van der Waals surface area contributed by atoms with Crippen molar-refractivity contribution in [2.24, 2.45) is 5.92 Å². The maximum absolute atomic E-state index is 12.7. The predicted molar refractivity (Wildman–Crippen MR) is 77.4 cm³/mol. The molecule has 2 aliphatic heterocycles. The van der Waals surface area contributed by atoms with E-state index >= 15 is 0 Å². The van der Waals surface area contributed by atoms with Gasteiger partial charge in [-0.1, -0.05) is 17.7 Å². The maximum atomic E-state index is 12.7. The summed E-state index contributed by atoms with van der Waals surface area (Å²) in [6.45, 7) is 4.90. The highest BCUT2D eigenvalue weighted by atomic mass is 16.2. The Bertz CT molecular complexity index is 478. The van der Waals surface area contributed by atoms with Gasteiger partial charge < -0.3 is 10.2 Å². The van der Waals surface area contributed by atoms with E-state index in [1.165, 1.54) is 11.1 Å². The number of carbonyl (C=O) groups excluding carboxylic acids is 1. The highest BCUT2D eigenvalue weighted by molar-refractivity contribution is 5.96. The predicted octanol–water partition coefficient (Wildman–Crippen LogP) is 2.27. The summed E-state index contributed by atoms with van der Waals surface area (Å²) in [7, 11) is 0. The van der Waals surface area contributed by atoms with Crippen molar-refractivity contribution in [1.29, 1.82) is 0 Å². The van der Waals surface area contributed by atoms with Crippen molar-refractivity contribution >= 4 is 11.6 Å². The number of aryl methyl sites for hydroxylation is 2. The van der Waals surface area contributed by atoms with E-state index in [0.717, 1.165) is 51.0 Å². The van der Waals surface area contributed by atoms with Crippen LogP contribution in [0.2, 0.25) is 0 Å². The quantitative estimate of drug-likeness (QED) is 0.838. The van der Waals surface area contributed by atoms with Gasteiger partial charge in [0.1, 0.15) is 0 Å². The van der Waals surface area contributed by atoms with Gasteiger partial charge in [-0.3, -0.25) is 4.79 Å². The molecule has 3 nitrogen and oxygen atoms in total. The van der Waals surface area contributed by atoms with Gasteiger partial charge in [0.2, 0.25) is 5.91 Å². The van der Waals surface area contributed by atoms with Crippen LogP contribution in [-0.4, -0.2) is 25.5 Å². The Morgan fingerprint density at radius 1 is 1.37 bits per heavy atom. The number of hydrogen-bond donors (Lipinski definition) is 1. The molecule has 1 atom stereocenters. The van der Waals surface area contributed by atoms with Crippen molar-refractivity contribution in [2.75, 3.05) is 24.5 Å². The van der Waals surface area contributed by atoms with Crippen LogP contribution in [0.5, 0.6) is 0 Å². The van der Waals surface area contributed by atoms with Crippen LogP contribution in [0.25, 0.3) is 0 Å². The Morgan fingerprint density at radius 3 is 3.05 bits per heavy atom. The van der Waals surface area contributed by atoms with E-state index in [1.807, 2.05) is 4.90 Å². The third kappa shape index (κ3) is 2.52. The molecule has 1 saturated heterocycles. The normalized spacial score (nSPS) is 23.0. The number of benzene rings is 1. The molecule has 1 amide bonds. The number of carbonyl (C=O) groups is 1. The Balaban J connectivity index is 1.84. The molecule has 0 saturated carbocycles. The summed E-state index contributed by atoms with van der Waals surface area (Å²) in [6, 6.07) is 6.47. The highest BCUT2D eigenvalue weighted by Crippen LogP contribution is 2.30. The number of anilines is 1. The zero-order valence-electron chi connectivity index (χ0n) is 11.6. The molecule has 0 aromatic heterocycles. The van der Waals surface area contributed by atoms with Crippen LogP contribution in [0.3, 0.4) is 0 Å². The lowest BCUT2D eigenvalue weighted by atomic mass is 9.94. The third-order valence-corrected chi connectivity index (χ3v) is 4.27. The molecule has 3 rings (SSSR count). The van der Waals surface area contributed by atoms with E-state index in [9.17, 15) is 4.79 Å². The summed E-state index contributed by atoms with van der Waals surface area (Å²) in [5, 5.41) is 3.34. The van der Waals surface area contributed by atoms with E-state index < -0.39 is 0 Å². The maximum Gasteiger partial charge on any atom is 0.231 e. The molecule has 3 heteroatoms. The van der Waals surface area contributed by atoms with Crippen molar-refractivity contribution in [2.45, 2.75) is 32.6 Å². The minimum Gasteiger partial charge on any atom is -0.316 e. The first-order chi connectivity index (χ1) is 9.25. The van der Waals surface area contributed by atoms with Gasteiger partial charge in [-0.05, 0) is 50.8 Å². The summed E-state index contributed by atoms with van der Waals surface area (Å²) in [6.07, 6.45) is 4.33. The average molecular weight is 258 g/mol. The van der Waals surface area contributed by atoms with Gasteiger partial charge in [-0.25, -0.2) is 0 Å². The number of amides is 1. The van der Waals surface area contributed by atoms with E-state index in [0.29, 0.717) is 5.91 Å². The van der Waals surface area contributed by atoms with Gasteiger partial charge in [-0.2, -0.15) is 0 Å². The first-order valence-electron chi connectivity index (χ1n) is 7.37. The Hall–Kier alpha value is -1.35. The molecule has 102 valence electrons. The highest BCUT2D eigenvalue weighted by Gasteiger charge is 2.29. The third-order valence-electron chi connectivity index (χ3n) is 4.27. The van der Waals surface area contributed by atoms with Crippen LogP contribution >= 0.6 is 0 Å². The molecule has 19 heavy (non-hydrogen) atoms. The molecule has 1 aromatic rings. The van der Waals surface area contributed by atoms with Crippen LogP contribution < -0.4 is 10.2 Å². The molecule has 0 spiro atoms. The zero-order valence-corrected chi connectivity index (χ0v) is 11.6. The molecule has 0 unspecified atom stereocenters. The molecule has 2 aliphatic rings. The largest absolute Gasteiger partial charge is 0.316 e. The number of nitrogens with one attached hydrogen (secondary N) is 1. The molecular formula is C16H22N2O. The smallest absolute Gasteiger partial charge is 0.231 e. The second-order valence-corrected chi connectivity index (χ2v) is 5.77. The van der Waals surface area contributed by atoms with Crippen LogP contribution in [0.15, 0.2) is 18.2 Å². The van der Waals surface area contributed by atoms with Crippen molar-refractivity contribution in [3.63, 3.8) is 0 Å². The van der Waals surface area contributed by atoms with Gasteiger partial charge in [0.05, 0.1) is 5.92 Å². The number of piperidine rings is 1. The van der Waals surface area contributed by atoms with E-state index in [2.05, 4.69) is 30.4 Å². The minimum absolute atomic E-state index is 0.168. The molecule has 1 aromatic carbocycles. The Morgan fingerprint density at radius 2 is 2.26 bits per heavy atom. The van der Waals surface area contributed by atoms with Crippen LogP contribution in [-0.2, 0) is 11.2 Å². The molecule has 1 N–H and O–H groups in total. The monoisotopic (exact) mass is 258 g/mol. The first kappa shape index (κ1) is 12.7. The van der Waals surface area contributed by atoms with E-state index in [4.69, 9.17) is 0 Å². The number of nitrogens with zero attached hydrogens (tertiary/aromatic N) is 1. The fourth-order valence-electron chi connectivity index (χ4n) is 3.24. The second-order valence-electron chi connectivity index (χ2n) is 5.77. The van der Waals surface area contributed by atoms with Gasteiger partial charge in [-0.15, -0.1) is 0 Å². The van der Waals surface area contributed by atoms with Gasteiger partial charge in [0.25, 0.3) is 0 Å². The van der Waals surface area contributed by atoms with Crippen molar-refractivity contribution in [3.8, 4) is 0 Å². The Labute approximate surface area is 115 Å². The molecular weight excluding hydrogens is 236 g/mol. The molecule has 0 aliphatic carbocycles. The summed E-state index contributed by atoms with van der Waals surface area (Å²) >= 11 is 0. The lowest BCUT2D eigenvalue weighted by molar-refractivity contribution is -0.122. The topological polar surface area (TPSA) is 32.3 Å². The summed E-state index contributed by atoms with van der Waals surface area (Å²) in [5.74, 6) is 0.484. The molecule has 2 heterocycles. The van der Waals surface area contributed by atoms with Crippen LogP contribution in [0.4, 0.5) is 5.69 Å². The minimum atomic E-state index is 0.168. The summed E-state index contributed by atoms with van der Waals surface area (Å²) in [4.78, 5) is 14.7. The zero-order chi connectivity index (χ0) is 13.2. The molecule has 0 radical (unpaired) electrons. The van der Waals surface area contributed by atoms with E-state index in [1.54, 1.807) is 0 Å².